The summed E-state index contributed by atoms with van der Waals surface area (Å²) in [6, 6.07) is 2.59. The van der Waals surface area contributed by atoms with Gasteiger partial charge in [-0.05, 0) is 16.0 Å². The number of carbonyl (C=O) groups excluding carboxylic acids is 1. The Hall–Kier alpha value is -2.24. The van der Waals surface area contributed by atoms with Crippen LogP contribution in [-0.4, -0.2) is 34.7 Å². The van der Waals surface area contributed by atoms with Crippen molar-refractivity contribution in [3.05, 3.63) is 46.3 Å². The Kier molecular flexibility index (Phi) is 3.71. The Morgan fingerprint density at radius 2 is 2.19 bits per heavy atom. The van der Waals surface area contributed by atoms with Gasteiger partial charge in [0, 0.05) is 32.4 Å². The third-order valence-corrected chi connectivity index (χ3v) is 1.74. The number of allylic oxidation sites excluding steroid dienone is 1. The quantitative estimate of drug-likeness (QED) is 0.331. The van der Waals surface area contributed by atoms with Crippen LogP contribution in [0.1, 0.15) is 10.4 Å². The average Bonchev–Trinajstić information content (AvgIpc) is 2.26. The molecule has 0 aromatic carbocycles. The highest BCUT2D eigenvalue weighted by molar-refractivity contribution is 6.04. The first-order chi connectivity index (χ1) is 7.50. The predicted octanol–water partition coefficient (Wildman–Crippen LogP) is 1.25. The lowest BCUT2D eigenvalue weighted by Crippen LogP contribution is -2.03. The molecule has 0 saturated carbocycles. The van der Waals surface area contributed by atoms with Gasteiger partial charge in [0.15, 0.2) is 12.0 Å². The number of pyridine rings is 1. The monoisotopic (exact) mass is 221 g/mol. The second-order valence-corrected chi connectivity index (χ2v) is 3.31. The summed E-state index contributed by atoms with van der Waals surface area (Å²) < 4.78 is 0. The summed E-state index contributed by atoms with van der Waals surface area (Å²) in [4.78, 5) is 26.5. The van der Waals surface area contributed by atoms with Gasteiger partial charge in [-0.1, -0.05) is 0 Å². The van der Waals surface area contributed by atoms with E-state index in [1.165, 1.54) is 24.4 Å². The van der Waals surface area contributed by atoms with Gasteiger partial charge in [0.1, 0.15) is 0 Å². The number of carbonyl (C=O) groups is 1. The van der Waals surface area contributed by atoms with Gasteiger partial charge in [-0.2, -0.15) is 0 Å². The Morgan fingerprint density at radius 1 is 1.50 bits per heavy atom. The zero-order valence-electron chi connectivity index (χ0n) is 8.95. The molecule has 0 radical (unpaired) electrons. The minimum Gasteiger partial charge on any atom is -0.383 e. The van der Waals surface area contributed by atoms with Crippen molar-refractivity contribution in [2.75, 3.05) is 14.1 Å². The molecule has 16 heavy (non-hydrogen) atoms. The van der Waals surface area contributed by atoms with Crippen molar-refractivity contribution in [2.45, 2.75) is 0 Å². The summed E-state index contributed by atoms with van der Waals surface area (Å²) >= 11 is 0. The predicted molar refractivity (Wildman–Crippen MR) is 58.0 cm³/mol. The fourth-order valence-electron chi connectivity index (χ4n) is 0.953. The summed E-state index contributed by atoms with van der Waals surface area (Å²) in [6.07, 6.45) is 4.17. The van der Waals surface area contributed by atoms with Gasteiger partial charge >= 0.3 is 5.82 Å². The van der Waals surface area contributed by atoms with Crippen LogP contribution in [0.4, 0.5) is 5.82 Å². The molecule has 1 aromatic rings. The van der Waals surface area contributed by atoms with E-state index in [2.05, 4.69) is 4.98 Å². The van der Waals surface area contributed by atoms with Gasteiger partial charge in [-0.25, -0.2) is 0 Å². The number of ketones is 1. The van der Waals surface area contributed by atoms with E-state index in [0.717, 1.165) is 0 Å². The van der Waals surface area contributed by atoms with Crippen LogP contribution in [-0.2, 0) is 0 Å². The zero-order chi connectivity index (χ0) is 12.1. The Labute approximate surface area is 92.4 Å². The molecular weight excluding hydrogens is 210 g/mol. The van der Waals surface area contributed by atoms with Gasteiger partial charge in [-0.15, -0.1) is 0 Å². The van der Waals surface area contributed by atoms with Gasteiger partial charge in [0.05, 0.1) is 5.56 Å². The van der Waals surface area contributed by atoms with Crippen LogP contribution in [0, 0.1) is 10.1 Å². The highest BCUT2D eigenvalue weighted by Gasteiger charge is 2.09. The summed E-state index contributed by atoms with van der Waals surface area (Å²) in [5, 5.41) is 10.3. The normalized spacial score (nSPS) is 10.4. The average molecular weight is 221 g/mol. The topological polar surface area (TPSA) is 76.3 Å². The van der Waals surface area contributed by atoms with Crippen molar-refractivity contribution in [2.24, 2.45) is 0 Å². The molecule has 0 saturated heterocycles. The number of rotatable bonds is 4. The molecule has 0 aliphatic heterocycles. The molecule has 1 heterocycles. The molecule has 6 nitrogen and oxygen atoms in total. The van der Waals surface area contributed by atoms with Gasteiger partial charge < -0.3 is 15.0 Å². The van der Waals surface area contributed by atoms with Crippen LogP contribution in [0.3, 0.4) is 0 Å². The van der Waals surface area contributed by atoms with Crippen LogP contribution in [0.2, 0.25) is 0 Å². The van der Waals surface area contributed by atoms with E-state index in [4.69, 9.17) is 0 Å². The van der Waals surface area contributed by atoms with E-state index in [9.17, 15) is 14.9 Å². The summed E-state index contributed by atoms with van der Waals surface area (Å²) in [6.45, 7) is 0. The smallest absolute Gasteiger partial charge is 0.363 e. The van der Waals surface area contributed by atoms with E-state index >= 15 is 0 Å². The van der Waals surface area contributed by atoms with Crippen LogP contribution >= 0.6 is 0 Å². The SMILES string of the molecule is CN(C)/C=C/C(=O)c1ccc([N+](=O)[O-])nc1. The van der Waals surface area contributed by atoms with Crippen molar-refractivity contribution in [1.82, 2.24) is 9.88 Å². The lowest BCUT2D eigenvalue weighted by Gasteiger charge is -2.02. The van der Waals surface area contributed by atoms with Crippen LogP contribution in [0.5, 0.6) is 0 Å². The van der Waals surface area contributed by atoms with E-state index in [0.29, 0.717) is 5.56 Å². The van der Waals surface area contributed by atoms with Crippen LogP contribution in [0.15, 0.2) is 30.6 Å². The fraction of sp³-hybridized carbons (Fsp3) is 0.200. The van der Waals surface area contributed by atoms with E-state index < -0.39 is 4.92 Å². The van der Waals surface area contributed by atoms with E-state index in [1.54, 1.807) is 25.2 Å². The first-order valence-electron chi connectivity index (χ1n) is 4.50. The van der Waals surface area contributed by atoms with Gasteiger partial charge in [-0.3, -0.25) is 4.79 Å². The lowest BCUT2D eigenvalue weighted by atomic mass is 10.2. The molecule has 84 valence electrons. The molecule has 0 atom stereocenters. The minimum atomic E-state index is -0.607. The summed E-state index contributed by atoms with van der Waals surface area (Å²) in [5.74, 6) is -0.510. The molecule has 0 fully saturated rings. The van der Waals surface area contributed by atoms with E-state index in [-0.39, 0.29) is 11.6 Å². The maximum Gasteiger partial charge on any atom is 0.363 e. The maximum absolute atomic E-state index is 11.5. The molecule has 6 heteroatoms. The van der Waals surface area contributed by atoms with Crippen molar-refractivity contribution >= 4 is 11.6 Å². The second kappa shape index (κ2) is 5.01. The van der Waals surface area contributed by atoms with Crippen molar-refractivity contribution in [3.8, 4) is 0 Å². The molecule has 1 aromatic heterocycles. The maximum atomic E-state index is 11.5. The number of nitrogens with zero attached hydrogens (tertiary/aromatic N) is 3. The highest BCUT2D eigenvalue weighted by Crippen LogP contribution is 2.08. The van der Waals surface area contributed by atoms with Gasteiger partial charge in [0.2, 0.25) is 0 Å². The van der Waals surface area contributed by atoms with Crippen molar-refractivity contribution in [1.29, 1.82) is 0 Å². The Balaban J connectivity index is 2.82. The fourth-order valence-corrected chi connectivity index (χ4v) is 0.953. The standard InChI is InChI=1S/C10H11N3O3/c1-12(2)6-5-9(14)8-3-4-10(11-7-8)13(15)16/h3-7H,1-2H3/b6-5+. The minimum absolute atomic E-state index is 0.240. The molecular formula is C10H11N3O3. The number of hydrogen-bond acceptors (Lipinski definition) is 5. The Bertz CT molecular complexity index is 423. The first kappa shape index (κ1) is 11.8. The third kappa shape index (κ3) is 3.16. The van der Waals surface area contributed by atoms with E-state index in [1.807, 2.05) is 0 Å². The van der Waals surface area contributed by atoms with Gasteiger partial charge in [0.25, 0.3) is 0 Å². The molecule has 0 unspecified atom stereocenters. The lowest BCUT2D eigenvalue weighted by molar-refractivity contribution is -0.389. The molecule has 0 spiro atoms. The number of hydrogen-bond donors (Lipinski definition) is 0. The molecule has 1 rings (SSSR count). The third-order valence-electron chi connectivity index (χ3n) is 1.74. The molecule has 0 aliphatic rings. The zero-order valence-corrected chi connectivity index (χ0v) is 8.95. The number of aromatic nitrogens is 1. The Morgan fingerprint density at radius 3 is 2.62 bits per heavy atom. The molecule has 0 N–H and O–H groups in total. The van der Waals surface area contributed by atoms with Crippen molar-refractivity contribution < 1.29 is 9.72 Å². The summed E-state index contributed by atoms with van der Waals surface area (Å²) in [5.41, 5.74) is 0.323. The largest absolute Gasteiger partial charge is 0.383 e. The molecule has 0 amide bonds. The number of nitro groups is 1. The molecule has 0 aliphatic carbocycles. The van der Waals surface area contributed by atoms with Crippen LogP contribution < -0.4 is 0 Å². The first-order valence-corrected chi connectivity index (χ1v) is 4.50. The second-order valence-electron chi connectivity index (χ2n) is 3.31. The highest BCUT2D eigenvalue weighted by atomic mass is 16.6. The summed E-state index contributed by atoms with van der Waals surface area (Å²) in [7, 11) is 3.58. The van der Waals surface area contributed by atoms with Crippen molar-refractivity contribution in [3.63, 3.8) is 0 Å². The molecule has 0 bridgehead atoms. The van der Waals surface area contributed by atoms with Crippen LogP contribution in [0.25, 0.3) is 0 Å².